The maximum Gasteiger partial charge on any atom is 0.244 e. The van der Waals surface area contributed by atoms with Crippen LogP contribution < -0.4 is 9.62 Å². The van der Waals surface area contributed by atoms with Crippen LogP contribution in [0.2, 0.25) is 0 Å². The zero-order valence-electron chi connectivity index (χ0n) is 22.0. The van der Waals surface area contributed by atoms with Crippen LogP contribution in [0.15, 0.2) is 48.5 Å². The van der Waals surface area contributed by atoms with Crippen molar-refractivity contribution in [3.63, 3.8) is 0 Å². The molecule has 0 saturated carbocycles. The molecule has 192 valence electrons. The van der Waals surface area contributed by atoms with E-state index in [2.05, 4.69) is 5.32 Å². The largest absolute Gasteiger partial charge is 0.350 e. The highest BCUT2D eigenvalue weighted by Gasteiger charge is 2.33. The standard InChI is InChI=1S/C27H39N3O4S/c1-8-21-13-15-23(16-14-21)30(35(7,33)34)19-25(31)29(18-22-12-10-11-20(3)17-22)24(9-2)26(32)28-27(4,5)6/h10-17,24H,8-9,18-19H2,1-7H3,(H,28,32)/t24-/m0/s1. The molecule has 0 aliphatic carbocycles. The van der Waals surface area contributed by atoms with E-state index in [1.54, 1.807) is 12.1 Å². The van der Waals surface area contributed by atoms with Crippen LogP contribution >= 0.6 is 0 Å². The topological polar surface area (TPSA) is 86.8 Å². The van der Waals surface area contributed by atoms with Crippen molar-refractivity contribution >= 4 is 27.5 Å². The van der Waals surface area contributed by atoms with Crippen LogP contribution in [0.25, 0.3) is 0 Å². The lowest BCUT2D eigenvalue weighted by Gasteiger charge is -2.34. The molecule has 8 heteroatoms. The molecule has 0 saturated heterocycles. The zero-order chi connectivity index (χ0) is 26.4. The number of hydrogen-bond acceptors (Lipinski definition) is 4. The van der Waals surface area contributed by atoms with Gasteiger partial charge >= 0.3 is 0 Å². The predicted molar refractivity (Wildman–Crippen MR) is 142 cm³/mol. The summed E-state index contributed by atoms with van der Waals surface area (Å²) in [6, 6.07) is 14.1. The molecule has 0 aromatic heterocycles. The summed E-state index contributed by atoms with van der Waals surface area (Å²) in [5.74, 6) is -0.702. The molecule has 2 amide bonds. The Morgan fingerprint density at radius 1 is 1.00 bits per heavy atom. The van der Waals surface area contributed by atoms with E-state index in [0.29, 0.717) is 12.1 Å². The van der Waals surface area contributed by atoms with Gasteiger partial charge in [-0.15, -0.1) is 0 Å². The number of rotatable bonds is 10. The SMILES string of the molecule is CCc1ccc(N(CC(=O)N(Cc2cccc(C)c2)[C@@H](CC)C(=O)NC(C)(C)C)S(C)(=O)=O)cc1. The first-order valence-corrected chi connectivity index (χ1v) is 13.8. The van der Waals surface area contributed by atoms with Crippen molar-refractivity contribution in [2.24, 2.45) is 0 Å². The Bertz CT molecular complexity index is 1120. The lowest BCUT2D eigenvalue weighted by molar-refractivity contribution is -0.141. The monoisotopic (exact) mass is 501 g/mol. The summed E-state index contributed by atoms with van der Waals surface area (Å²) in [7, 11) is -3.74. The van der Waals surface area contributed by atoms with E-state index in [9.17, 15) is 18.0 Å². The fourth-order valence-electron chi connectivity index (χ4n) is 3.89. The Labute approximate surface area is 210 Å². The maximum atomic E-state index is 13.7. The summed E-state index contributed by atoms with van der Waals surface area (Å²) < 4.78 is 26.5. The van der Waals surface area contributed by atoms with E-state index in [1.807, 2.05) is 77.9 Å². The second-order valence-corrected chi connectivity index (χ2v) is 11.9. The van der Waals surface area contributed by atoms with Gasteiger partial charge in [-0.05, 0) is 63.8 Å². The number of anilines is 1. The predicted octanol–water partition coefficient (Wildman–Crippen LogP) is 4.05. The van der Waals surface area contributed by atoms with Crippen LogP contribution in [-0.4, -0.2) is 49.5 Å². The van der Waals surface area contributed by atoms with Crippen molar-refractivity contribution in [3.8, 4) is 0 Å². The summed E-state index contributed by atoms with van der Waals surface area (Å²) in [5.41, 5.74) is 2.93. The van der Waals surface area contributed by atoms with Crippen molar-refractivity contribution in [2.75, 3.05) is 17.1 Å². The Balaban J connectivity index is 2.45. The number of sulfonamides is 1. The first-order valence-electron chi connectivity index (χ1n) is 12.0. The molecule has 2 aromatic carbocycles. The van der Waals surface area contributed by atoms with Crippen molar-refractivity contribution in [1.82, 2.24) is 10.2 Å². The molecule has 2 rings (SSSR count). The number of aryl methyl sites for hydroxylation is 2. The first kappa shape index (κ1) is 28.4. The summed E-state index contributed by atoms with van der Waals surface area (Å²) in [5, 5.41) is 2.97. The van der Waals surface area contributed by atoms with Crippen molar-refractivity contribution in [2.45, 2.75) is 72.5 Å². The molecule has 0 spiro atoms. The molecular formula is C27H39N3O4S. The van der Waals surface area contributed by atoms with E-state index in [-0.39, 0.29) is 12.5 Å². The molecule has 0 aliphatic heterocycles. The van der Waals surface area contributed by atoms with Gasteiger partial charge in [-0.25, -0.2) is 8.42 Å². The van der Waals surface area contributed by atoms with E-state index in [0.717, 1.165) is 33.7 Å². The molecule has 0 radical (unpaired) electrons. The summed E-state index contributed by atoms with van der Waals surface area (Å²) in [6.45, 7) is 11.3. The van der Waals surface area contributed by atoms with Crippen LogP contribution in [0.4, 0.5) is 5.69 Å². The highest BCUT2D eigenvalue weighted by molar-refractivity contribution is 7.92. The molecule has 2 aromatic rings. The fraction of sp³-hybridized carbons (Fsp3) is 0.481. The van der Waals surface area contributed by atoms with E-state index >= 15 is 0 Å². The number of nitrogens with zero attached hydrogens (tertiary/aromatic N) is 2. The van der Waals surface area contributed by atoms with Gasteiger partial charge in [0.2, 0.25) is 21.8 Å². The normalized spacial score (nSPS) is 12.7. The van der Waals surface area contributed by atoms with Gasteiger partial charge in [-0.1, -0.05) is 55.8 Å². The van der Waals surface area contributed by atoms with Crippen molar-refractivity contribution in [3.05, 3.63) is 65.2 Å². The molecule has 0 heterocycles. The Kier molecular flexibility index (Phi) is 9.49. The average Bonchev–Trinajstić information content (AvgIpc) is 2.75. The maximum absolute atomic E-state index is 13.7. The fourth-order valence-corrected chi connectivity index (χ4v) is 4.74. The molecule has 0 aliphatic rings. The molecule has 7 nitrogen and oxygen atoms in total. The van der Waals surface area contributed by atoms with E-state index in [1.165, 1.54) is 4.90 Å². The molecule has 0 bridgehead atoms. The minimum Gasteiger partial charge on any atom is -0.350 e. The second kappa shape index (κ2) is 11.7. The van der Waals surface area contributed by atoms with Crippen LogP contribution in [0, 0.1) is 6.92 Å². The highest BCUT2D eigenvalue weighted by atomic mass is 32.2. The van der Waals surface area contributed by atoms with Crippen LogP contribution in [-0.2, 0) is 32.6 Å². The quantitative estimate of drug-likeness (QED) is 0.532. The van der Waals surface area contributed by atoms with Crippen molar-refractivity contribution in [1.29, 1.82) is 0 Å². The molecular weight excluding hydrogens is 462 g/mol. The van der Waals surface area contributed by atoms with Gasteiger partial charge in [-0.3, -0.25) is 13.9 Å². The molecule has 0 fully saturated rings. The Morgan fingerprint density at radius 2 is 1.63 bits per heavy atom. The Morgan fingerprint density at radius 3 is 2.11 bits per heavy atom. The summed E-state index contributed by atoms with van der Waals surface area (Å²) in [6.07, 6.45) is 2.30. The number of benzene rings is 2. The molecule has 1 atom stereocenters. The van der Waals surface area contributed by atoms with Crippen LogP contribution in [0.1, 0.15) is 57.7 Å². The molecule has 1 N–H and O–H groups in total. The minimum atomic E-state index is -3.74. The summed E-state index contributed by atoms with van der Waals surface area (Å²) in [4.78, 5) is 28.4. The lowest BCUT2D eigenvalue weighted by atomic mass is 10.0. The third-order valence-electron chi connectivity index (χ3n) is 5.63. The third kappa shape index (κ3) is 8.38. The van der Waals surface area contributed by atoms with Gasteiger partial charge < -0.3 is 10.2 Å². The minimum absolute atomic E-state index is 0.197. The number of carbonyl (C=O) groups excluding carboxylic acids is 2. The number of carbonyl (C=O) groups is 2. The number of nitrogens with one attached hydrogen (secondary N) is 1. The smallest absolute Gasteiger partial charge is 0.244 e. The summed E-state index contributed by atoms with van der Waals surface area (Å²) >= 11 is 0. The van der Waals surface area contributed by atoms with Crippen LogP contribution in [0.5, 0.6) is 0 Å². The average molecular weight is 502 g/mol. The number of hydrogen-bond donors (Lipinski definition) is 1. The van der Waals surface area contributed by atoms with Crippen LogP contribution in [0.3, 0.4) is 0 Å². The van der Waals surface area contributed by atoms with Gasteiger partial charge in [-0.2, -0.15) is 0 Å². The highest BCUT2D eigenvalue weighted by Crippen LogP contribution is 2.21. The zero-order valence-corrected chi connectivity index (χ0v) is 22.8. The third-order valence-corrected chi connectivity index (χ3v) is 6.77. The van der Waals surface area contributed by atoms with Gasteiger partial charge in [0.15, 0.2) is 0 Å². The first-order chi connectivity index (χ1) is 16.2. The molecule has 35 heavy (non-hydrogen) atoms. The number of amides is 2. The van der Waals surface area contributed by atoms with Gasteiger partial charge in [0, 0.05) is 12.1 Å². The second-order valence-electron chi connectivity index (χ2n) is 9.96. The Hall–Kier alpha value is -2.87. The molecule has 0 unspecified atom stereocenters. The van der Waals surface area contributed by atoms with Gasteiger partial charge in [0.05, 0.1) is 11.9 Å². The van der Waals surface area contributed by atoms with Gasteiger partial charge in [0.1, 0.15) is 12.6 Å². The van der Waals surface area contributed by atoms with Crippen molar-refractivity contribution < 1.29 is 18.0 Å². The van der Waals surface area contributed by atoms with Gasteiger partial charge in [0.25, 0.3) is 0 Å². The van der Waals surface area contributed by atoms with E-state index in [4.69, 9.17) is 0 Å². The van der Waals surface area contributed by atoms with E-state index < -0.39 is 34.1 Å². The lowest BCUT2D eigenvalue weighted by Crippen LogP contribution is -2.55.